The maximum Gasteiger partial charge on any atom is 0.410 e. The van der Waals surface area contributed by atoms with Gasteiger partial charge in [0.25, 0.3) is 5.56 Å². The zero-order valence-corrected chi connectivity index (χ0v) is 26.8. The molecule has 2 aromatic carbocycles. The number of benzene rings is 2. The van der Waals surface area contributed by atoms with Gasteiger partial charge in [0.15, 0.2) is 9.84 Å². The SMILES string of the molecule is CCS(=O)(=O)c1ccc(Cl)cc1Cn1c(=O)[nH]c2cc(CN3CCC(N(C)C(=O)OC(C)(C)C)C3)c(Br)cc2c1=O. The molecule has 1 N–H and O–H groups in total. The normalized spacial score (nSPS) is 16.3. The van der Waals surface area contributed by atoms with Crippen LogP contribution >= 0.6 is 27.5 Å². The van der Waals surface area contributed by atoms with Crippen molar-refractivity contribution >= 4 is 54.4 Å². The number of likely N-dealkylation sites (tertiary alicyclic amines) is 1. The van der Waals surface area contributed by atoms with Crippen LogP contribution in [0, 0.1) is 0 Å². The third-order valence-electron chi connectivity index (χ3n) is 7.09. The van der Waals surface area contributed by atoms with E-state index in [1.165, 1.54) is 25.1 Å². The van der Waals surface area contributed by atoms with Crippen LogP contribution in [0.5, 0.6) is 0 Å². The molecule has 4 rings (SSSR count). The summed E-state index contributed by atoms with van der Waals surface area (Å²) in [7, 11) is -1.86. The van der Waals surface area contributed by atoms with E-state index in [0.717, 1.165) is 23.1 Å². The number of nitrogens with zero attached hydrogens (tertiary/aromatic N) is 3. The molecule has 0 bridgehead atoms. The van der Waals surface area contributed by atoms with Crippen molar-refractivity contribution in [2.45, 2.75) is 63.7 Å². The van der Waals surface area contributed by atoms with E-state index in [1.54, 1.807) is 24.1 Å². The van der Waals surface area contributed by atoms with Gasteiger partial charge in [0, 0.05) is 42.2 Å². The van der Waals surface area contributed by atoms with Gasteiger partial charge in [0.05, 0.1) is 28.1 Å². The first-order valence-corrected chi connectivity index (χ1v) is 16.1. The number of halogens is 2. The van der Waals surface area contributed by atoms with Crippen molar-refractivity contribution in [3.63, 3.8) is 0 Å². The molecule has 222 valence electrons. The number of aromatic amines is 1. The Morgan fingerprint density at radius 3 is 2.54 bits per heavy atom. The van der Waals surface area contributed by atoms with Gasteiger partial charge in [0.2, 0.25) is 0 Å². The number of nitrogens with one attached hydrogen (secondary N) is 1. The van der Waals surface area contributed by atoms with Crippen LogP contribution < -0.4 is 11.2 Å². The number of carbonyl (C=O) groups excluding carboxylic acids is 1. The first-order valence-electron chi connectivity index (χ1n) is 13.2. The minimum absolute atomic E-state index is 0.00370. The molecule has 0 aliphatic carbocycles. The first-order chi connectivity index (χ1) is 19.1. The minimum atomic E-state index is -3.61. The summed E-state index contributed by atoms with van der Waals surface area (Å²) in [5.74, 6) is -0.130. The molecule has 1 amide bonds. The van der Waals surface area contributed by atoms with E-state index >= 15 is 0 Å². The molecule has 1 aliphatic heterocycles. The summed E-state index contributed by atoms with van der Waals surface area (Å²) in [5, 5.41) is 0.584. The Bertz CT molecular complexity index is 1710. The highest BCUT2D eigenvalue weighted by Crippen LogP contribution is 2.26. The monoisotopic (exact) mass is 668 g/mol. The highest BCUT2D eigenvalue weighted by Gasteiger charge is 2.31. The quantitative estimate of drug-likeness (QED) is 0.396. The highest BCUT2D eigenvalue weighted by molar-refractivity contribution is 9.10. The number of amides is 1. The lowest BCUT2D eigenvalue weighted by Crippen LogP contribution is -2.42. The number of ether oxygens (including phenoxy) is 1. The second-order valence-corrected chi connectivity index (χ2v) is 14.8. The zero-order valence-electron chi connectivity index (χ0n) is 23.7. The van der Waals surface area contributed by atoms with Gasteiger partial charge in [-0.05, 0) is 68.7 Å². The molecule has 3 aromatic rings. The summed E-state index contributed by atoms with van der Waals surface area (Å²) in [6.45, 7) is 8.74. The van der Waals surface area contributed by atoms with Gasteiger partial charge in [-0.2, -0.15) is 0 Å². The standard InChI is InChI=1S/C28H34BrClN4O6S/c1-6-41(38,39)24-8-7-19(30)11-18(24)15-34-25(35)21-13-22(29)17(12-23(21)31-26(34)36)14-33-10-9-20(16-33)32(5)27(37)40-28(2,3)4/h7-8,11-13,20H,6,9-10,14-16H2,1-5H3,(H,31,36). The first kappa shape index (κ1) is 31.3. The summed E-state index contributed by atoms with van der Waals surface area (Å²) in [6, 6.07) is 7.77. The smallest absolute Gasteiger partial charge is 0.410 e. The van der Waals surface area contributed by atoms with Crippen LogP contribution in [-0.4, -0.2) is 71.4 Å². The van der Waals surface area contributed by atoms with E-state index in [0.29, 0.717) is 28.1 Å². The summed E-state index contributed by atoms with van der Waals surface area (Å²) in [4.78, 5) is 45.6. The van der Waals surface area contributed by atoms with Gasteiger partial charge in [-0.3, -0.25) is 14.3 Å². The molecule has 0 spiro atoms. The summed E-state index contributed by atoms with van der Waals surface area (Å²) >= 11 is 9.70. The van der Waals surface area contributed by atoms with Gasteiger partial charge in [-0.15, -0.1) is 0 Å². The molecule has 2 heterocycles. The van der Waals surface area contributed by atoms with Gasteiger partial charge in [-0.1, -0.05) is 34.5 Å². The molecule has 1 atom stereocenters. The summed E-state index contributed by atoms with van der Waals surface area (Å²) in [6.07, 6.45) is 0.434. The average Bonchev–Trinajstić information content (AvgIpc) is 3.34. The number of H-pyrrole nitrogens is 1. The van der Waals surface area contributed by atoms with Gasteiger partial charge >= 0.3 is 11.8 Å². The van der Waals surface area contributed by atoms with Gasteiger partial charge < -0.3 is 14.6 Å². The van der Waals surface area contributed by atoms with E-state index in [2.05, 4.69) is 25.8 Å². The lowest BCUT2D eigenvalue weighted by molar-refractivity contribution is 0.0228. The molecule has 41 heavy (non-hydrogen) atoms. The lowest BCUT2D eigenvalue weighted by atomic mass is 10.1. The van der Waals surface area contributed by atoms with Crippen molar-refractivity contribution in [2.75, 3.05) is 25.9 Å². The van der Waals surface area contributed by atoms with Crippen LogP contribution in [0.1, 0.15) is 45.2 Å². The van der Waals surface area contributed by atoms with Crippen LogP contribution in [0.15, 0.2) is 49.3 Å². The van der Waals surface area contributed by atoms with Gasteiger partial charge in [0.1, 0.15) is 5.60 Å². The Labute approximate surface area is 252 Å². The number of hydrogen-bond acceptors (Lipinski definition) is 7. The van der Waals surface area contributed by atoms with E-state index < -0.39 is 26.7 Å². The largest absolute Gasteiger partial charge is 0.444 e. The van der Waals surface area contributed by atoms with Crippen LogP contribution in [0.4, 0.5) is 4.79 Å². The predicted octanol–water partition coefficient (Wildman–Crippen LogP) is 4.39. The molecule has 13 heteroatoms. The van der Waals surface area contributed by atoms with Crippen LogP contribution in [0.3, 0.4) is 0 Å². The fourth-order valence-corrected chi connectivity index (χ4v) is 6.65. The number of sulfone groups is 1. The molecular formula is C28H34BrClN4O6S. The van der Waals surface area contributed by atoms with Crippen molar-refractivity contribution in [1.29, 1.82) is 0 Å². The van der Waals surface area contributed by atoms with Crippen molar-refractivity contribution in [2.24, 2.45) is 0 Å². The number of rotatable bonds is 7. The molecular weight excluding hydrogens is 636 g/mol. The van der Waals surface area contributed by atoms with Crippen LogP contribution in [-0.2, 0) is 27.7 Å². The molecule has 1 saturated heterocycles. The van der Waals surface area contributed by atoms with E-state index in [1.807, 2.05) is 20.8 Å². The molecule has 1 fully saturated rings. The average molecular weight is 670 g/mol. The van der Waals surface area contributed by atoms with E-state index in [4.69, 9.17) is 16.3 Å². The highest BCUT2D eigenvalue weighted by atomic mass is 79.9. The predicted molar refractivity (Wildman–Crippen MR) is 162 cm³/mol. The number of fused-ring (bicyclic) bond motifs is 1. The fraction of sp³-hybridized carbons (Fsp3) is 0.464. The fourth-order valence-electron chi connectivity index (χ4n) is 4.88. The molecule has 1 aliphatic rings. The number of hydrogen-bond donors (Lipinski definition) is 1. The number of aromatic nitrogens is 2. The number of likely N-dealkylation sites (N-methyl/N-ethyl adjacent to an activating group) is 1. The molecule has 1 aromatic heterocycles. The third kappa shape index (κ3) is 7.04. The zero-order chi connectivity index (χ0) is 30.3. The Kier molecular flexibility index (Phi) is 9.08. The Hall–Kier alpha value is -2.67. The maximum absolute atomic E-state index is 13.4. The summed E-state index contributed by atoms with van der Waals surface area (Å²) in [5.41, 5.74) is -0.256. The van der Waals surface area contributed by atoms with Crippen molar-refractivity contribution in [3.8, 4) is 0 Å². The Balaban J connectivity index is 1.59. The lowest BCUT2D eigenvalue weighted by Gasteiger charge is -2.28. The second-order valence-electron chi connectivity index (χ2n) is 11.2. The maximum atomic E-state index is 13.4. The molecule has 0 saturated carbocycles. The Morgan fingerprint density at radius 2 is 1.88 bits per heavy atom. The minimum Gasteiger partial charge on any atom is -0.444 e. The van der Waals surface area contributed by atoms with Crippen molar-refractivity contribution < 1.29 is 17.9 Å². The third-order valence-corrected chi connectivity index (χ3v) is 9.89. The summed E-state index contributed by atoms with van der Waals surface area (Å²) < 4.78 is 32.4. The van der Waals surface area contributed by atoms with E-state index in [9.17, 15) is 22.8 Å². The van der Waals surface area contributed by atoms with Gasteiger partial charge in [-0.25, -0.2) is 18.0 Å². The molecule has 10 nitrogen and oxygen atoms in total. The van der Waals surface area contributed by atoms with Crippen molar-refractivity contribution in [1.82, 2.24) is 19.4 Å². The topological polar surface area (TPSA) is 122 Å². The Morgan fingerprint density at radius 1 is 1.17 bits per heavy atom. The molecule has 1 unspecified atom stereocenters. The van der Waals surface area contributed by atoms with Crippen LogP contribution in [0.2, 0.25) is 5.02 Å². The second kappa shape index (κ2) is 11.9. The van der Waals surface area contributed by atoms with E-state index in [-0.39, 0.29) is 40.3 Å². The molecule has 0 radical (unpaired) electrons. The van der Waals surface area contributed by atoms with Crippen molar-refractivity contribution in [3.05, 3.63) is 71.8 Å². The number of carbonyl (C=O) groups is 1. The van der Waals surface area contributed by atoms with Crippen LogP contribution in [0.25, 0.3) is 10.9 Å².